The molecule has 0 atom stereocenters. The fourth-order valence-electron chi connectivity index (χ4n) is 3.03. The molecule has 0 aromatic carbocycles. The summed E-state index contributed by atoms with van der Waals surface area (Å²) in [5.74, 6) is 3.50. The van der Waals surface area contributed by atoms with Gasteiger partial charge in [-0.25, -0.2) is 14.6 Å². The van der Waals surface area contributed by atoms with Gasteiger partial charge in [0.15, 0.2) is 17.4 Å². The van der Waals surface area contributed by atoms with Gasteiger partial charge in [0.05, 0.1) is 6.26 Å². The summed E-state index contributed by atoms with van der Waals surface area (Å²) in [6, 6.07) is 7.50. The Labute approximate surface area is 134 Å². The third kappa shape index (κ3) is 3.11. The lowest BCUT2D eigenvalue weighted by atomic mass is 10.1. The smallest absolute Gasteiger partial charge is 0.199 e. The molecule has 0 bridgehead atoms. The minimum absolute atomic E-state index is 0.567. The van der Waals surface area contributed by atoms with Gasteiger partial charge in [-0.3, -0.25) is 0 Å². The molecule has 6 heteroatoms. The van der Waals surface area contributed by atoms with Crippen LogP contribution in [0.5, 0.6) is 0 Å². The lowest BCUT2D eigenvalue weighted by Gasteiger charge is -2.12. The summed E-state index contributed by atoms with van der Waals surface area (Å²) < 4.78 is 7.17. The monoisotopic (exact) mass is 309 g/mol. The van der Waals surface area contributed by atoms with Crippen LogP contribution in [0.25, 0.3) is 17.4 Å². The first-order valence-electron chi connectivity index (χ1n) is 8.05. The van der Waals surface area contributed by atoms with Crippen LogP contribution in [0, 0.1) is 5.92 Å². The van der Waals surface area contributed by atoms with Crippen LogP contribution in [0.15, 0.2) is 47.3 Å². The van der Waals surface area contributed by atoms with E-state index in [1.165, 1.54) is 25.7 Å². The normalized spacial score (nSPS) is 15.1. The van der Waals surface area contributed by atoms with Crippen molar-refractivity contribution < 1.29 is 4.42 Å². The summed E-state index contributed by atoms with van der Waals surface area (Å²) in [6.45, 7) is 0.952. The van der Waals surface area contributed by atoms with Gasteiger partial charge in [0.1, 0.15) is 5.82 Å². The van der Waals surface area contributed by atoms with E-state index in [9.17, 15) is 0 Å². The van der Waals surface area contributed by atoms with E-state index < -0.39 is 0 Å². The minimum atomic E-state index is 0.567. The van der Waals surface area contributed by atoms with Gasteiger partial charge in [0.25, 0.3) is 0 Å². The number of rotatable bonds is 5. The Morgan fingerprint density at radius 2 is 2.13 bits per heavy atom. The zero-order chi connectivity index (χ0) is 15.5. The van der Waals surface area contributed by atoms with Gasteiger partial charge in [0, 0.05) is 25.0 Å². The van der Waals surface area contributed by atoms with Crippen LogP contribution < -0.4 is 5.32 Å². The van der Waals surface area contributed by atoms with E-state index in [0.717, 1.165) is 24.1 Å². The molecule has 4 rings (SSSR count). The first kappa shape index (κ1) is 14.0. The van der Waals surface area contributed by atoms with Gasteiger partial charge in [-0.1, -0.05) is 12.8 Å². The van der Waals surface area contributed by atoms with Gasteiger partial charge < -0.3 is 9.73 Å². The van der Waals surface area contributed by atoms with E-state index in [4.69, 9.17) is 4.42 Å². The molecule has 0 unspecified atom stereocenters. The standard InChI is InChI=1S/C17H19N5O/c1-2-6-13(5-1)12-18-15-11-16(22-9-4-8-19-22)21-17(20-15)14-7-3-10-23-14/h3-4,7-11,13H,1-2,5-6,12H2,(H,18,20,21). The Bertz CT molecular complexity index is 693. The van der Waals surface area contributed by atoms with Crippen molar-refractivity contribution in [1.29, 1.82) is 0 Å². The highest BCUT2D eigenvalue weighted by Crippen LogP contribution is 2.25. The first-order chi connectivity index (χ1) is 11.4. The lowest BCUT2D eigenvalue weighted by Crippen LogP contribution is -2.13. The maximum Gasteiger partial charge on any atom is 0.199 e. The number of furan rings is 1. The third-order valence-corrected chi connectivity index (χ3v) is 4.24. The molecule has 1 aliphatic rings. The van der Waals surface area contributed by atoms with Gasteiger partial charge in [-0.15, -0.1) is 0 Å². The van der Waals surface area contributed by atoms with Crippen molar-refractivity contribution in [3.63, 3.8) is 0 Å². The summed E-state index contributed by atoms with van der Waals surface area (Å²) >= 11 is 0. The number of hydrogen-bond acceptors (Lipinski definition) is 5. The molecule has 23 heavy (non-hydrogen) atoms. The second-order valence-electron chi connectivity index (χ2n) is 5.89. The second-order valence-corrected chi connectivity index (χ2v) is 5.89. The van der Waals surface area contributed by atoms with Gasteiger partial charge in [0.2, 0.25) is 0 Å². The van der Waals surface area contributed by atoms with Crippen molar-refractivity contribution in [1.82, 2.24) is 19.7 Å². The van der Waals surface area contributed by atoms with E-state index in [-0.39, 0.29) is 0 Å². The maximum atomic E-state index is 5.44. The Hall–Kier alpha value is -2.63. The van der Waals surface area contributed by atoms with Crippen molar-refractivity contribution in [2.24, 2.45) is 5.92 Å². The fraction of sp³-hybridized carbons (Fsp3) is 0.353. The van der Waals surface area contributed by atoms with E-state index in [2.05, 4.69) is 20.4 Å². The predicted molar refractivity (Wildman–Crippen MR) is 87.3 cm³/mol. The molecule has 118 valence electrons. The molecule has 1 N–H and O–H groups in total. The highest BCUT2D eigenvalue weighted by Gasteiger charge is 2.16. The van der Waals surface area contributed by atoms with Crippen LogP contribution in [0.3, 0.4) is 0 Å². The SMILES string of the molecule is c1coc(-c2nc(NCC3CCCC3)cc(-n3cccn3)n2)c1. The van der Waals surface area contributed by atoms with Crippen molar-refractivity contribution in [2.75, 3.05) is 11.9 Å². The van der Waals surface area contributed by atoms with E-state index in [1.807, 2.05) is 30.5 Å². The molecule has 1 saturated carbocycles. The molecule has 3 heterocycles. The molecule has 0 amide bonds. The summed E-state index contributed by atoms with van der Waals surface area (Å²) in [5, 5.41) is 7.71. The lowest BCUT2D eigenvalue weighted by molar-refractivity contribution is 0.574. The number of hydrogen-bond donors (Lipinski definition) is 1. The first-order valence-corrected chi connectivity index (χ1v) is 8.05. The molecule has 0 aliphatic heterocycles. The Morgan fingerprint density at radius 1 is 1.22 bits per heavy atom. The molecule has 0 radical (unpaired) electrons. The van der Waals surface area contributed by atoms with Crippen LogP contribution in [0.4, 0.5) is 5.82 Å². The molecule has 1 fully saturated rings. The van der Waals surface area contributed by atoms with Gasteiger partial charge in [-0.05, 0) is 37.0 Å². The van der Waals surface area contributed by atoms with Crippen molar-refractivity contribution >= 4 is 5.82 Å². The average Bonchev–Trinajstić information content (AvgIpc) is 3.36. The Balaban J connectivity index is 1.64. The number of anilines is 1. The highest BCUT2D eigenvalue weighted by molar-refractivity contribution is 5.53. The molecule has 6 nitrogen and oxygen atoms in total. The average molecular weight is 309 g/mol. The van der Waals surface area contributed by atoms with Crippen molar-refractivity contribution in [2.45, 2.75) is 25.7 Å². The zero-order valence-electron chi connectivity index (χ0n) is 12.9. The number of nitrogens with zero attached hydrogens (tertiary/aromatic N) is 4. The van der Waals surface area contributed by atoms with E-state index >= 15 is 0 Å². The third-order valence-electron chi connectivity index (χ3n) is 4.24. The Kier molecular flexibility index (Phi) is 3.80. The zero-order valence-corrected chi connectivity index (χ0v) is 12.9. The fourth-order valence-corrected chi connectivity index (χ4v) is 3.03. The van der Waals surface area contributed by atoms with Crippen LogP contribution in [-0.2, 0) is 0 Å². The van der Waals surface area contributed by atoms with E-state index in [1.54, 1.807) is 17.1 Å². The molecule has 1 aliphatic carbocycles. The highest BCUT2D eigenvalue weighted by atomic mass is 16.3. The summed E-state index contributed by atoms with van der Waals surface area (Å²) in [5.41, 5.74) is 0. The van der Waals surface area contributed by atoms with Crippen LogP contribution in [0.2, 0.25) is 0 Å². The maximum absolute atomic E-state index is 5.44. The van der Waals surface area contributed by atoms with Crippen molar-refractivity contribution in [3.05, 3.63) is 42.9 Å². The van der Waals surface area contributed by atoms with Gasteiger partial charge in [-0.2, -0.15) is 5.10 Å². The van der Waals surface area contributed by atoms with Gasteiger partial charge >= 0.3 is 0 Å². The summed E-state index contributed by atoms with van der Waals surface area (Å²) in [7, 11) is 0. The molecule has 3 aromatic rings. The molecular formula is C17H19N5O. The molecule has 0 saturated heterocycles. The summed E-state index contributed by atoms with van der Waals surface area (Å²) in [4.78, 5) is 9.14. The van der Waals surface area contributed by atoms with Crippen LogP contribution in [0.1, 0.15) is 25.7 Å². The van der Waals surface area contributed by atoms with Crippen LogP contribution in [-0.4, -0.2) is 26.3 Å². The van der Waals surface area contributed by atoms with Crippen LogP contribution >= 0.6 is 0 Å². The Morgan fingerprint density at radius 3 is 2.87 bits per heavy atom. The molecular weight excluding hydrogens is 290 g/mol. The molecule has 0 spiro atoms. The largest absolute Gasteiger partial charge is 0.461 e. The van der Waals surface area contributed by atoms with Crippen molar-refractivity contribution in [3.8, 4) is 17.4 Å². The minimum Gasteiger partial charge on any atom is -0.461 e. The second kappa shape index (κ2) is 6.24. The molecule has 3 aromatic heterocycles. The quantitative estimate of drug-likeness (QED) is 0.781. The summed E-state index contributed by atoms with van der Waals surface area (Å²) in [6.07, 6.45) is 10.5. The van der Waals surface area contributed by atoms with E-state index in [0.29, 0.717) is 11.6 Å². The number of nitrogens with one attached hydrogen (secondary N) is 1. The number of aromatic nitrogens is 4. The topological polar surface area (TPSA) is 68.8 Å². The predicted octanol–water partition coefficient (Wildman–Crippen LogP) is 3.52.